The zero-order chi connectivity index (χ0) is 11.9. The summed E-state index contributed by atoms with van der Waals surface area (Å²) < 4.78 is 23.3. The maximum Gasteiger partial charge on any atom is 0.470 e. The Kier molecular flexibility index (Phi) is 6.11. The predicted octanol–water partition coefficient (Wildman–Crippen LogP) is -0.800. The summed E-state index contributed by atoms with van der Waals surface area (Å²) >= 11 is 0. The minimum Gasteiger partial charge on any atom is -0.465 e. The molecule has 0 heterocycles. The lowest BCUT2D eigenvalue weighted by molar-refractivity contribution is -0.145. The maximum absolute atomic E-state index is 10.4. The zero-order valence-corrected chi connectivity index (χ0v) is 8.75. The van der Waals surface area contributed by atoms with Gasteiger partial charge in [0.25, 0.3) is 6.47 Å². The largest absolute Gasteiger partial charge is 0.470 e. The first-order valence-electron chi connectivity index (χ1n) is 3.77. The second-order valence-corrected chi connectivity index (χ2v) is 3.64. The van der Waals surface area contributed by atoms with E-state index in [0.717, 1.165) is 6.92 Å². The molecule has 1 atom stereocenters. The number of ether oxygens (including phenoxy) is 2. The number of phosphoric acid groups is 1. The van der Waals surface area contributed by atoms with E-state index in [-0.39, 0.29) is 6.47 Å². The van der Waals surface area contributed by atoms with E-state index < -0.39 is 33.1 Å². The van der Waals surface area contributed by atoms with Crippen LogP contribution in [-0.4, -0.2) is 41.5 Å². The number of carbonyl (C=O) groups excluding carboxylic acids is 2. The molecule has 0 fully saturated rings. The van der Waals surface area contributed by atoms with E-state index in [0.29, 0.717) is 0 Å². The van der Waals surface area contributed by atoms with Crippen LogP contribution in [0.2, 0.25) is 0 Å². The van der Waals surface area contributed by atoms with E-state index in [2.05, 4.69) is 14.0 Å². The molecule has 88 valence electrons. The molecule has 2 N–H and O–H groups in total. The molecule has 0 aromatic carbocycles. The van der Waals surface area contributed by atoms with Gasteiger partial charge in [-0.15, -0.1) is 0 Å². The standard InChI is InChI=1S/C6H11O8P/c1-5(8)13-3-6(2-12-4-7)14-15(9,10)11/h4,6H,2-3H2,1H3,(H2,9,10,11). The van der Waals surface area contributed by atoms with Gasteiger partial charge in [-0.2, -0.15) is 0 Å². The van der Waals surface area contributed by atoms with Crippen LogP contribution in [0.15, 0.2) is 0 Å². The summed E-state index contributed by atoms with van der Waals surface area (Å²) in [6, 6.07) is 0. The highest BCUT2D eigenvalue weighted by Crippen LogP contribution is 2.37. The lowest BCUT2D eigenvalue weighted by Gasteiger charge is -2.16. The molecular formula is C6H11O8P. The van der Waals surface area contributed by atoms with E-state index in [9.17, 15) is 14.2 Å². The number of phosphoric ester groups is 1. The fourth-order valence-corrected chi connectivity index (χ4v) is 1.17. The Bertz CT molecular complexity index is 258. The number of carbonyl (C=O) groups is 2. The highest BCUT2D eigenvalue weighted by molar-refractivity contribution is 7.46. The third-order valence-electron chi connectivity index (χ3n) is 1.11. The number of hydrogen-bond acceptors (Lipinski definition) is 6. The molecule has 0 rings (SSSR count). The fraction of sp³-hybridized carbons (Fsp3) is 0.667. The van der Waals surface area contributed by atoms with Crippen molar-refractivity contribution < 1.29 is 37.9 Å². The first-order valence-corrected chi connectivity index (χ1v) is 5.30. The highest BCUT2D eigenvalue weighted by atomic mass is 31.2. The van der Waals surface area contributed by atoms with Crippen LogP contribution in [0.25, 0.3) is 0 Å². The quantitative estimate of drug-likeness (QED) is 0.338. The minimum absolute atomic E-state index is 0.0871. The molecule has 0 spiro atoms. The second kappa shape index (κ2) is 6.52. The Morgan fingerprint density at radius 2 is 2.07 bits per heavy atom. The molecule has 8 nitrogen and oxygen atoms in total. The van der Waals surface area contributed by atoms with Gasteiger partial charge < -0.3 is 19.3 Å². The summed E-state index contributed by atoms with van der Waals surface area (Å²) in [5, 5.41) is 0. The van der Waals surface area contributed by atoms with Crippen LogP contribution in [0.5, 0.6) is 0 Å². The number of hydrogen-bond donors (Lipinski definition) is 2. The molecule has 0 bridgehead atoms. The third-order valence-corrected chi connectivity index (χ3v) is 1.68. The highest BCUT2D eigenvalue weighted by Gasteiger charge is 2.23. The number of esters is 1. The summed E-state index contributed by atoms with van der Waals surface area (Å²) in [7, 11) is -4.71. The van der Waals surface area contributed by atoms with Crippen LogP contribution in [0, 0.1) is 0 Å². The lowest BCUT2D eigenvalue weighted by Crippen LogP contribution is -2.25. The smallest absolute Gasteiger partial charge is 0.465 e. The zero-order valence-electron chi connectivity index (χ0n) is 7.86. The molecule has 0 aliphatic carbocycles. The molecule has 0 aliphatic rings. The Balaban J connectivity index is 4.11. The van der Waals surface area contributed by atoms with Crippen molar-refractivity contribution in [3.8, 4) is 0 Å². The maximum atomic E-state index is 10.4. The van der Waals surface area contributed by atoms with Gasteiger partial charge in [0.05, 0.1) is 0 Å². The van der Waals surface area contributed by atoms with Gasteiger partial charge in [0.2, 0.25) is 0 Å². The summed E-state index contributed by atoms with van der Waals surface area (Å²) in [6.45, 7) is 0.384. The van der Waals surface area contributed by atoms with Gasteiger partial charge in [0, 0.05) is 6.92 Å². The first kappa shape index (κ1) is 14.1. The van der Waals surface area contributed by atoms with Crippen LogP contribution in [-0.2, 0) is 28.2 Å². The second-order valence-electron chi connectivity index (χ2n) is 2.45. The van der Waals surface area contributed by atoms with Crippen LogP contribution in [0.3, 0.4) is 0 Å². The Hall–Kier alpha value is -0.950. The van der Waals surface area contributed by atoms with Crippen molar-refractivity contribution in [2.24, 2.45) is 0 Å². The molecular weight excluding hydrogens is 231 g/mol. The molecule has 0 aromatic rings. The van der Waals surface area contributed by atoms with E-state index >= 15 is 0 Å². The van der Waals surface area contributed by atoms with Crippen molar-refractivity contribution in [1.29, 1.82) is 0 Å². The van der Waals surface area contributed by atoms with E-state index in [1.807, 2.05) is 0 Å². The first-order chi connectivity index (χ1) is 6.85. The van der Waals surface area contributed by atoms with Crippen LogP contribution < -0.4 is 0 Å². The van der Waals surface area contributed by atoms with E-state index in [1.165, 1.54) is 0 Å². The van der Waals surface area contributed by atoms with Crippen molar-refractivity contribution in [1.82, 2.24) is 0 Å². The van der Waals surface area contributed by atoms with Crippen LogP contribution in [0.1, 0.15) is 6.92 Å². The topological polar surface area (TPSA) is 119 Å². The lowest BCUT2D eigenvalue weighted by atomic mass is 10.4. The predicted molar refractivity (Wildman–Crippen MR) is 45.6 cm³/mol. The average Bonchev–Trinajstić information content (AvgIpc) is 2.07. The average molecular weight is 242 g/mol. The normalized spacial score (nSPS) is 13.0. The molecule has 9 heteroatoms. The summed E-state index contributed by atoms with van der Waals surface area (Å²) in [5.74, 6) is -0.639. The summed E-state index contributed by atoms with van der Waals surface area (Å²) in [4.78, 5) is 37.2. The van der Waals surface area contributed by atoms with Crippen molar-refractivity contribution in [2.45, 2.75) is 13.0 Å². The fourth-order valence-electron chi connectivity index (χ4n) is 0.660. The Morgan fingerprint density at radius 3 is 2.47 bits per heavy atom. The molecule has 15 heavy (non-hydrogen) atoms. The Labute approximate surface area is 85.4 Å². The molecule has 0 aliphatic heterocycles. The monoisotopic (exact) mass is 242 g/mol. The summed E-state index contributed by atoms with van der Waals surface area (Å²) in [5.41, 5.74) is 0. The van der Waals surface area contributed by atoms with Crippen molar-refractivity contribution >= 4 is 20.3 Å². The Morgan fingerprint density at radius 1 is 1.47 bits per heavy atom. The van der Waals surface area contributed by atoms with E-state index in [1.54, 1.807) is 0 Å². The molecule has 0 radical (unpaired) electrons. The SMILES string of the molecule is CC(=O)OCC(COC=O)OP(=O)(O)O. The van der Waals surface area contributed by atoms with Crippen molar-refractivity contribution in [3.63, 3.8) is 0 Å². The van der Waals surface area contributed by atoms with Gasteiger partial charge in [-0.05, 0) is 0 Å². The van der Waals surface area contributed by atoms with Gasteiger partial charge in [-0.3, -0.25) is 14.1 Å². The van der Waals surface area contributed by atoms with E-state index in [4.69, 9.17) is 9.79 Å². The molecule has 1 unspecified atom stereocenters. The molecule has 0 saturated carbocycles. The van der Waals surface area contributed by atoms with Gasteiger partial charge in [-0.1, -0.05) is 0 Å². The van der Waals surface area contributed by atoms with Gasteiger partial charge in [0.15, 0.2) is 0 Å². The number of rotatable bonds is 7. The van der Waals surface area contributed by atoms with Crippen molar-refractivity contribution in [3.05, 3.63) is 0 Å². The van der Waals surface area contributed by atoms with Gasteiger partial charge in [0.1, 0.15) is 19.3 Å². The van der Waals surface area contributed by atoms with Gasteiger partial charge >= 0.3 is 13.8 Å². The van der Waals surface area contributed by atoms with Crippen LogP contribution >= 0.6 is 7.82 Å². The van der Waals surface area contributed by atoms with Crippen molar-refractivity contribution in [2.75, 3.05) is 13.2 Å². The molecule has 0 aromatic heterocycles. The minimum atomic E-state index is -4.71. The third kappa shape index (κ3) is 9.36. The molecule has 0 saturated heterocycles. The molecule has 0 amide bonds. The van der Waals surface area contributed by atoms with Gasteiger partial charge in [-0.25, -0.2) is 4.57 Å². The van der Waals surface area contributed by atoms with Crippen LogP contribution in [0.4, 0.5) is 0 Å². The summed E-state index contributed by atoms with van der Waals surface area (Å²) in [6.07, 6.45) is -1.19.